The number of nitrogens with zero attached hydrogens (tertiary/aromatic N) is 2. The van der Waals surface area contributed by atoms with Crippen LogP contribution in [0.3, 0.4) is 0 Å². The molecule has 1 aliphatic heterocycles. The third-order valence-corrected chi connectivity index (χ3v) is 15.2. The van der Waals surface area contributed by atoms with E-state index in [1.807, 2.05) is 12.1 Å². The molecule has 6 aliphatic rings. The minimum absolute atomic E-state index is 0.0118. The van der Waals surface area contributed by atoms with Gasteiger partial charge in [0.05, 0.1) is 5.56 Å². The molecule has 7 rings (SSSR count). The molecule has 1 heterocycles. The Morgan fingerprint density at radius 3 is 2.27 bits per heavy atom. The lowest BCUT2D eigenvalue weighted by Gasteiger charge is -2.71. The molecule has 4 saturated carbocycles. The van der Waals surface area contributed by atoms with Gasteiger partial charge >= 0.3 is 12.0 Å². The predicted molar refractivity (Wildman–Crippen MR) is 175 cm³/mol. The van der Waals surface area contributed by atoms with Crippen LogP contribution in [0.15, 0.2) is 30.3 Å². The summed E-state index contributed by atoms with van der Waals surface area (Å²) in [5.41, 5.74) is 3.85. The lowest BCUT2D eigenvalue weighted by molar-refractivity contribution is -0.210. The van der Waals surface area contributed by atoms with Crippen molar-refractivity contribution in [2.45, 2.75) is 97.4 Å². The molecule has 5 aliphatic carbocycles. The summed E-state index contributed by atoms with van der Waals surface area (Å²) in [5, 5.41) is 13.1. The second-order valence-corrected chi connectivity index (χ2v) is 16.6. The summed E-state index contributed by atoms with van der Waals surface area (Å²) in [6.45, 7) is 14.0. The van der Waals surface area contributed by atoms with Crippen molar-refractivity contribution in [1.29, 1.82) is 0 Å². The van der Waals surface area contributed by atoms with E-state index in [1.54, 1.807) is 12.1 Å². The van der Waals surface area contributed by atoms with Crippen LogP contribution in [0.4, 0.5) is 4.79 Å². The van der Waals surface area contributed by atoms with Gasteiger partial charge in [-0.1, -0.05) is 52.3 Å². The van der Waals surface area contributed by atoms with Crippen LogP contribution in [0, 0.1) is 45.8 Å². The summed E-state index contributed by atoms with van der Waals surface area (Å²) in [5.74, 6) is 2.26. The molecule has 2 amide bonds. The normalized spacial score (nSPS) is 43.6. The molecule has 9 atom stereocenters. The van der Waals surface area contributed by atoms with E-state index < -0.39 is 5.97 Å². The Bertz CT molecular complexity index is 1330. The first-order chi connectivity index (χ1) is 20.9. The van der Waals surface area contributed by atoms with Gasteiger partial charge in [-0.2, -0.15) is 0 Å². The number of carbonyl (C=O) groups excluding carboxylic acids is 1. The Kier molecular flexibility index (Phi) is 7.31. The van der Waals surface area contributed by atoms with Crippen molar-refractivity contribution < 1.29 is 14.7 Å². The van der Waals surface area contributed by atoms with E-state index in [9.17, 15) is 14.7 Å². The molecule has 0 bridgehead atoms. The highest BCUT2D eigenvalue weighted by Crippen LogP contribution is 2.75. The van der Waals surface area contributed by atoms with Gasteiger partial charge in [0.2, 0.25) is 0 Å². The number of rotatable bonds is 3. The van der Waals surface area contributed by atoms with Gasteiger partial charge in [0.25, 0.3) is 0 Å². The van der Waals surface area contributed by atoms with Gasteiger partial charge in [-0.3, -0.25) is 0 Å². The van der Waals surface area contributed by atoms with Gasteiger partial charge in [-0.15, -0.1) is 0 Å². The fourth-order valence-corrected chi connectivity index (χ4v) is 12.5. The number of carboxylic acid groups (broad SMARTS) is 1. The molecule has 44 heavy (non-hydrogen) atoms. The van der Waals surface area contributed by atoms with Crippen LogP contribution in [-0.4, -0.2) is 65.7 Å². The maximum atomic E-state index is 13.6. The number of aromatic carboxylic acids is 1. The quantitative estimate of drug-likeness (QED) is 0.375. The first-order valence-corrected chi connectivity index (χ1v) is 17.7. The van der Waals surface area contributed by atoms with Crippen LogP contribution in [0.5, 0.6) is 0 Å². The summed E-state index contributed by atoms with van der Waals surface area (Å²) < 4.78 is 0. The fourth-order valence-electron chi connectivity index (χ4n) is 12.5. The predicted octanol–water partition coefficient (Wildman–Crippen LogP) is 7.55. The maximum Gasteiger partial charge on any atom is 0.335 e. The molecule has 2 N–H and O–H groups in total. The molecule has 0 aromatic heterocycles. The molecule has 8 unspecified atom stereocenters. The standard InChI is InChI=1S/C38H55N3O3/c1-25-28(26-8-10-27(11-9-26)33(42)43)14-17-35(2)29(25)15-18-37(4)32(35)13-12-30-31-7-6-16-38(31,20-19-36(30,37)3)39-34(44)41-23-21-40(5)22-24-41/h8-11,14,25,29-32H,6-7,12-13,15-24H2,1-5H3,(H,39,44)(H,42,43)/t25?,29?,30?,31?,32?,35?,36-,37?,38?/m1/s1. The number of likely N-dealkylation sites (N-methyl/N-ethyl adjacent to an activating group) is 1. The number of carboxylic acids is 1. The number of carbonyl (C=O) groups is 2. The number of hydrogen-bond acceptors (Lipinski definition) is 3. The summed E-state index contributed by atoms with van der Waals surface area (Å²) >= 11 is 0. The first-order valence-electron chi connectivity index (χ1n) is 17.7. The number of urea groups is 1. The van der Waals surface area contributed by atoms with Crippen LogP contribution in [0.2, 0.25) is 0 Å². The summed E-state index contributed by atoms with van der Waals surface area (Å²) in [6.07, 6.45) is 14.9. The fraction of sp³-hybridized carbons (Fsp3) is 0.737. The van der Waals surface area contributed by atoms with Gasteiger partial charge in [-0.25, -0.2) is 9.59 Å². The second-order valence-electron chi connectivity index (χ2n) is 16.6. The molecule has 5 fully saturated rings. The van der Waals surface area contributed by atoms with Crippen LogP contribution in [0.1, 0.15) is 108 Å². The van der Waals surface area contributed by atoms with E-state index >= 15 is 0 Å². The van der Waals surface area contributed by atoms with Crippen molar-refractivity contribution in [2.75, 3.05) is 33.2 Å². The lowest BCUT2D eigenvalue weighted by Crippen LogP contribution is -2.68. The van der Waals surface area contributed by atoms with Crippen molar-refractivity contribution in [3.05, 3.63) is 41.5 Å². The molecule has 0 spiro atoms. The zero-order valence-corrected chi connectivity index (χ0v) is 27.8. The highest BCUT2D eigenvalue weighted by molar-refractivity contribution is 5.88. The smallest absolute Gasteiger partial charge is 0.335 e. The molecule has 1 saturated heterocycles. The summed E-state index contributed by atoms with van der Waals surface area (Å²) in [7, 11) is 2.15. The van der Waals surface area contributed by atoms with E-state index in [4.69, 9.17) is 0 Å². The Hall–Kier alpha value is -2.34. The van der Waals surface area contributed by atoms with Crippen molar-refractivity contribution in [1.82, 2.24) is 15.1 Å². The number of hydrogen-bond donors (Lipinski definition) is 2. The third-order valence-electron chi connectivity index (χ3n) is 15.2. The minimum atomic E-state index is -0.861. The largest absolute Gasteiger partial charge is 0.478 e. The molecule has 6 nitrogen and oxygen atoms in total. The van der Waals surface area contributed by atoms with Gasteiger partial charge in [0.15, 0.2) is 0 Å². The zero-order chi connectivity index (χ0) is 31.1. The van der Waals surface area contributed by atoms with Crippen LogP contribution >= 0.6 is 0 Å². The molecule has 1 aromatic carbocycles. The Morgan fingerprint density at radius 2 is 1.57 bits per heavy atom. The second kappa shape index (κ2) is 10.6. The molecular weight excluding hydrogens is 546 g/mol. The number of allylic oxidation sites excluding steroid dienone is 2. The molecule has 6 heteroatoms. The highest BCUT2D eigenvalue weighted by Gasteiger charge is 2.68. The average molecular weight is 602 g/mol. The van der Waals surface area contributed by atoms with Crippen LogP contribution < -0.4 is 5.32 Å². The Morgan fingerprint density at radius 1 is 0.841 bits per heavy atom. The van der Waals surface area contributed by atoms with Gasteiger partial charge in [0, 0.05) is 31.7 Å². The number of nitrogens with one attached hydrogen (secondary N) is 1. The van der Waals surface area contributed by atoms with Crippen LogP contribution in [0.25, 0.3) is 5.57 Å². The Labute approximate surface area is 265 Å². The van der Waals surface area contributed by atoms with E-state index in [2.05, 4.69) is 55.9 Å². The minimum Gasteiger partial charge on any atom is -0.478 e. The third kappa shape index (κ3) is 4.36. The van der Waals surface area contributed by atoms with E-state index in [-0.39, 0.29) is 17.0 Å². The summed E-state index contributed by atoms with van der Waals surface area (Å²) in [4.78, 5) is 29.4. The number of piperazine rings is 1. The Balaban J connectivity index is 1.13. The SMILES string of the molecule is CC1C(c2ccc(C(=O)O)cc2)=CCC2(C)C1CCC1(C)C2CCC2C3CCCC3(NC(=O)N3CCN(C)CC3)CC[C@]21C. The number of amides is 2. The average Bonchev–Trinajstić information content (AvgIpc) is 3.41. The van der Waals surface area contributed by atoms with Crippen molar-refractivity contribution in [3.8, 4) is 0 Å². The molecule has 1 aromatic rings. The maximum absolute atomic E-state index is 13.6. The van der Waals surface area contributed by atoms with Gasteiger partial charge in [-0.05, 0) is 134 Å². The number of fused-ring (bicyclic) bond motifs is 7. The van der Waals surface area contributed by atoms with E-state index in [0.29, 0.717) is 46.0 Å². The highest BCUT2D eigenvalue weighted by atomic mass is 16.4. The van der Waals surface area contributed by atoms with Gasteiger partial charge in [0.1, 0.15) is 0 Å². The zero-order valence-electron chi connectivity index (χ0n) is 27.8. The van der Waals surface area contributed by atoms with Gasteiger partial charge < -0.3 is 20.2 Å². The first kappa shape index (κ1) is 30.3. The van der Waals surface area contributed by atoms with Crippen molar-refractivity contribution >= 4 is 17.6 Å². The lowest BCUT2D eigenvalue weighted by atomic mass is 9.34. The van der Waals surface area contributed by atoms with Crippen LogP contribution in [-0.2, 0) is 0 Å². The molecular formula is C38H55N3O3. The number of benzene rings is 1. The molecule has 0 radical (unpaired) electrons. The van der Waals surface area contributed by atoms with Crippen molar-refractivity contribution in [3.63, 3.8) is 0 Å². The monoisotopic (exact) mass is 601 g/mol. The summed E-state index contributed by atoms with van der Waals surface area (Å²) in [6, 6.07) is 7.76. The van der Waals surface area contributed by atoms with E-state index in [0.717, 1.165) is 45.4 Å². The topological polar surface area (TPSA) is 72.9 Å². The molecule has 240 valence electrons. The van der Waals surface area contributed by atoms with E-state index in [1.165, 1.54) is 56.1 Å². The van der Waals surface area contributed by atoms with Crippen molar-refractivity contribution in [2.24, 2.45) is 45.8 Å².